The van der Waals surface area contributed by atoms with E-state index < -0.39 is 0 Å². The predicted molar refractivity (Wildman–Crippen MR) is 67.6 cm³/mol. The molecule has 1 N–H and O–H groups in total. The first-order valence-electron chi connectivity index (χ1n) is 6.12. The number of nitrogens with zero attached hydrogens (tertiary/aromatic N) is 1. The smallest absolute Gasteiger partial charge is 0.160 e. The summed E-state index contributed by atoms with van der Waals surface area (Å²) in [5, 5.41) is 3.41. The van der Waals surface area contributed by atoms with Gasteiger partial charge >= 0.3 is 0 Å². The quantitative estimate of drug-likeness (QED) is 0.851. The number of aromatic nitrogens is 1. The maximum Gasteiger partial charge on any atom is 0.160 e. The average Bonchev–Trinajstić information content (AvgIpc) is 2.82. The van der Waals surface area contributed by atoms with E-state index in [0.717, 1.165) is 43.3 Å². The van der Waals surface area contributed by atoms with Crippen molar-refractivity contribution in [2.45, 2.75) is 19.8 Å². The van der Waals surface area contributed by atoms with Crippen LogP contribution in [0.25, 0.3) is 0 Å². The first-order valence-corrected chi connectivity index (χ1v) is 6.12. The Kier molecular flexibility index (Phi) is 4.20. The minimum absolute atomic E-state index is 0.705. The summed E-state index contributed by atoms with van der Waals surface area (Å²) >= 11 is 0. The van der Waals surface area contributed by atoms with Crippen LogP contribution >= 0.6 is 0 Å². The fourth-order valence-corrected chi connectivity index (χ4v) is 2.07. The molecule has 0 amide bonds. The maximum atomic E-state index is 5.36. The lowest BCUT2D eigenvalue weighted by Crippen LogP contribution is -2.10. The second-order valence-corrected chi connectivity index (χ2v) is 4.47. The number of pyridine rings is 1. The van der Waals surface area contributed by atoms with Gasteiger partial charge in [0.15, 0.2) is 5.75 Å². The van der Waals surface area contributed by atoms with Gasteiger partial charge in [0.05, 0.1) is 19.0 Å². The number of anilines is 1. The highest BCUT2D eigenvalue weighted by molar-refractivity contribution is 5.55. The third-order valence-corrected chi connectivity index (χ3v) is 3.12. The van der Waals surface area contributed by atoms with E-state index in [-0.39, 0.29) is 0 Å². The summed E-state index contributed by atoms with van der Waals surface area (Å²) in [6.45, 7) is 4.76. The molecular formula is C13H20N2O2. The Morgan fingerprint density at radius 1 is 1.59 bits per heavy atom. The first kappa shape index (κ1) is 12.2. The standard InChI is InChI=1S/C13H20N2O2/c1-10-7-12(13(16-2)8-15-10)14-5-3-11-4-6-17-9-11/h7-8,11H,3-6,9H2,1-2H3,(H,14,15). The number of nitrogens with one attached hydrogen (secondary N) is 1. The van der Waals surface area contributed by atoms with Gasteiger partial charge in [-0.1, -0.05) is 0 Å². The number of aryl methyl sites for hydroxylation is 1. The highest BCUT2D eigenvalue weighted by Gasteiger charge is 2.15. The molecule has 0 aromatic carbocycles. The van der Waals surface area contributed by atoms with Crippen LogP contribution in [0.2, 0.25) is 0 Å². The lowest BCUT2D eigenvalue weighted by molar-refractivity contribution is 0.185. The Hall–Kier alpha value is -1.29. The van der Waals surface area contributed by atoms with E-state index >= 15 is 0 Å². The molecule has 0 aliphatic carbocycles. The van der Waals surface area contributed by atoms with E-state index in [9.17, 15) is 0 Å². The molecule has 17 heavy (non-hydrogen) atoms. The molecule has 1 unspecified atom stereocenters. The highest BCUT2D eigenvalue weighted by Crippen LogP contribution is 2.24. The van der Waals surface area contributed by atoms with Crippen molar-refractivity contribution in [3.05, 3.63) is 18.0 Å². The minimum Gasteiger partial charge on any atom is -0.493 e. The molecule has 4 nitrogen and oxygen atoms in total. The number of hydrogen-bond donors (Lipinski definition) is 1. The number of hydrogen-bond acceptors (Lipinski definition) is 4. The zero-order valence-corrected chi connectivity index (χ0v) is 10.5. The Morgan fingerprint density at radius 2 is 2.47 bits per heavy atom. The Morgan fingerprint density at radius 3 is 3.18 bits per heavy atom. The van der Waals surface area contributed by atoms with Crippen molar-refractivity contribution in [3.63, 3.8) is 0 Å². The first-order chi connectivity index (χ1) is 8.29. The molecule has 94 valence electrons. The van der Waals surface area contributed by atoms with Crippen molar-refractivity contribution < 1.29 is 9.47 Å². The second-order valence-electron chi connectivity index (χ2n) is 4.47. The van der Waals surface area contributed by atoms with E-state index in [0.29, 0.717) is 5.92 Å². The molecule has 1 aliphatic rings. The van der Waals surface area contributed by atoms with Gasteiger partial charge in [-0.15, -0.1) is 0 Å². The lowest BCUT2D eigenvalue weighted by atomic mass is 10.1. The highest BCUT2D eigenvalue weighted by atomic mass is 16.5. The summed E-state index contributed by atoms with van der Waals surface area (Å²) in [6.07, 6.45) is 4.09. The van der Waals surface area contributed by atoms with Gasteiger partial charge in [0, 0.05) is 25.5 Å². The van der Waals surface area contributed by atoms with Gasteiger partial charge in [0.2, 0.25) is 0 Å². The van der Waals surface area contributed by atoms with Crippen LogP contribution in [-0.2, 0) is 4.74 Å². The molecule has 1 fully saturated rings. The molecule has 1 aliphatic heterocycles. The second kappa shape index (κ2) is 5.87. The molecule has 0 bridgehead atoms. The summed E-state index contributed by atoms with van der Waals surface area (Å²) in [6, 6.07) is 2.02. The van der Waals surface area contributed by atoms with Crippen molar-refractivity contribution in [1.82, 2.24) is 4.98 Å². The van der Waals surface area contributed by atoms with Crippen LogP contribution in [0.1, 0.15) is 18.5 Å². The monoisotopic (exact) mass is 236 g/mol. The van der Waals surface area contributed by atoms with Gasteiger partial charge in [-0.3, -0.25) is 4.98 Å². The molecular weight excluding hydrogens is 216 g/mol. The molecule has 1 aromatic heterocycles. The van der Waals surface area contributed by atoms with Crippen LogP contribution in [0.3, 0.4) is 0 Å². The lowest BCUT2D eigenvalue weighted by Gasteiger charge is -2.13. The van der Waals surface area contributed by atoms with Crippen molar-refractivity contribution in [1.29, 1.82) is 0 Å². The summed E-state index contributed by atoms with van der Waals surface area (Å²) in [4.78, 5) is 4.21. The van der Waals surface area contributed by atoms with Crippen LogP contribution in [0.4, 0.5) is 5.69 Å². The van der Waals surface area contributed by atoms with Crippen LogP contribution in [0, 0.1) is 12.8 Å². The van der Waals surface area contributed by atoms with Gasteiger partial charge in [0.1, 0.15) is 0 Å². The minimum atomic E-state index is 0.705. The molecule has 1 aromatic rings. The molecule has 2 rings (SSSR count). The van der Waals surface area contributed by atoms with E-state index in [1.165, 1.54) is 6.42 Å². The third-order valence-electron chi connectivity index (χ3n) is 3.12. The summed E-state index contributed by atoms with van der Waals surface area (Å²) in [5.74, 6) is 1.51. The topological polar surface area (TPSA) is 43.4 Å². The van der Waals surface area contributed by atoms with Gasteiger partial charge in [-0.2, -0.15) is 0 Å². The van der Waals surface area contributed by atoms with Crippen LogP contribution in [0.5, 0.6) is 5.75 Å². The predicted octanol–water partition coefficient (Wildman–Crippen LogP) is 2.24. The number of ether oxygens (including phenoxy) is 2. The number of rotatable bonds is 5. The summed E-state index contributed by atoms with van der Waals surface area (Å²) in [7, 11) is 1.67. The van der Waals surface area contributed by atoms with E-state index in [1.807, 2.05) is 13.0 Å². The fraction of sp³-hybridized carbons (Fsp3) is 0.615. The Bertz CT molecular complexity index is 362. The zero-order valence-electron chi connectivity index (χ0n) is 10.5. The van der Waals surface area contributed by atoms with E-state index in [1.54, 1.807) is 13.3 Å². The largest absolute Gasteiger partial charge is 0.493 e. The summed E-state index contributed by atoms with van der Waals surface area (Å²) in [5.41, 5.74) is 2.02. The normalized spacial score (nSPS) is 19.3. The van der Waals surface area contributed by atoms with Crippen LogP contribution in [0.15, 0.2) is 12.3 Å². The number of methoxy groups -OCH3 is 1. The van der Waals surface area contributed by atoms with Crippen molar-refractivity contribution in [2.75, 3.05) is 32.2 Å². The van der Waals surface area contributed by atoms with Gasteiger partial charge in [-0.05, 0) is 31.7 Å². The zero-order chi connectivity index (χ0) is 12.1. The Balaban J connectivity index is 1.86. The Labute approximate surface area is 102 Å². The van der Waals surface area contributed by atoms with Crippen molar-refractivity contribution in [3.8, 4) is 5.75 Å². The van der Waals surface area contributed by atoms with Gasteiger partial charge in [-0.25, -0.2) is 0 Å². The summed E-state index contributed by atoms with van der Waals surface area (Å²) < 4.78 is 10.6. The van der Waals surface area contributed by atoms with E-state index in [4.69, 9.17) is 9.47 Å². The molecule has 0 radical (unpaired) electrons. The molecule has 2 heterocycles. The molecule has 0 saturated carbocycles. The van der Waals surface area contributed by atoms with Gasteiger partial charge < -0.3 is 14.8 Å². The van der Waals surface area contributed by atoms with Crippen LogP contribution < -0.4 is 10.1 Å². The maximum absolute atomic E-state index is 5.36. The molecule has 1 atom stereocenters. The van der Waals surface area contributed by atoms with Gasteiger partial charge in [0.25, 0.3) is 0 Å². The van der Waals surface area contributed by atoms with Crippen molar-refractivity contribution >= 4 is 5.69 Å². The average molecular weight is 236 g/mol. The van der Waals surface area contributed by atoms with E-state index in [2.05, 4.69) is 10.3 Å². The molecule has 1 saturated heterocycles. The third kappa shape index (κ3) is 3.33. The molecule has 4 heteroatoms. The van der Waals surface area contributed by atoms with Crippen LogP contribution in [-0.4, -0.2) is 31.9 Å². The van der Waals surface area contributed by atoms with Crippen molar-refractivity contribution in [2.24, 2.45) is 5.92 Å². The fourth-order valence-electron chi connectivity index (χ4n) is 2.07. The molecule has 0 spiro atoms. The SMILES string of the molecule is COc1cnc(C)cc1NCCC1CCOC1.